The van der Waals surface area contributed by atoms with Crippen LogP contribution < -0.4 is 11.1 Å². The van der Waals surface area contributed by atoms with E-state index in [1.165, 1.54) is 6.07 Å². The number of hydrogen-bond acceptors (Lipinski definition) is 3. The van der Waals surface area contributed by atoms with Gasteiger partial charge in [0.1, 0.15) is 5.84 Å². The van der Waals surface area contributed by atoms with Gasteiger partial charge in [-0.05, 0) is 36.4 Å². The molecule has 0 radical (unpaired) electrons. The number of halogens is 5. The maximum absolute atomic E-state index is 12.8. The first-order valence-corrected chi connectivity index (χ1v) is 6.35. The van der Waals surface area contributed by atoms with Crippen molar-refractivity contribution in [1.82, 2.24) is 0 Å². The number of nitrogens with two attached hydrogens (primary N) is 1. The van der Waals surface area contributed by atoms with Crippen LogP contribution in [0.2, 0.25) is 5.02 Å². The molecule has 1 heterocycles. The number of amidine groups is 1. The van der Waals surface area contributed by atoms with Crippen molar-refractivity contribution in [2.75, 3.05) is 5.32 Å². The van der Waals surface area contributed by atoms with Crippen LogP contribution in [0.3, 0.4) is 0 Å². The van der Waals surface area contributed by atoms with Gasteiger partial charge in [0, 0.05) is 16.3 Å². The van der Waals surface area contributed by atoms with Crippen molar-refractivity contribution in [2.45, 2.75) is 6.18 Å². The molecule has 0 spiro atoms. The standard InChI is InChI=1S/C14H9ClF3N3.ClH/c15-8-2-4-11-12(6-8)21-13(19)9-5-7(14(16,17)18)1-3-10(9)20-11;/h1-6,20H,(H2,19,21);1H. The van der Waals surface area contributed by atoms with E-state index in [1.807, 2.05) is 0 Å². The lowest BCUT2D eigenvalue weighted by molar-refractivity contribution is -0.137. The first kappa shape index (κ1) is 16.5. The highest BCUT2D eigenvalue weighted by Gasteiger charge is 2.31. The molecule has 1 aliphatic heterocycles. The van der Waals surface area contributed by atoms with E-state index in [2.05, 4.69) is 10.3 Å². The number of hydrogen-bond donors (Lipinski definition) is 2. The Morgan fingerprint density at radius 2 is 1.73 bits per heavy atom. The topological polar surface area (TPSA) is 50.4 Å². The van der Waals surface area contributed by atoms with Crippen molar-refractivity contribution >= 4 is 46.9 Å². The van der Waals surface area contributed by atoms with E-state index in [4.69, 9.17) is 17.3 Å². The van der Waals surface area contributed by atoms with Crippen molar-refractivity contribution in [1.29, 1.82) is 0 Å². The minimum atomic E-state index is -4.43. The molecule has 3 rings (SSSR count). The van der Waals surface area contributed by atoms with Gasteiger partial charge < -0.3 is 11.1 Å². The number of aliphatic imine (C=N–C) groups is 1. The molecule has 0 saturated heterocycles. The maximum atomic E-state index is 12.8. The number of alkyl halides is 3. The molecule has 22 heavy (non-hydrogen) atoms. The van der Waals surface area contributed by atoms with Gasteiger partial charge in [-0.2, -0.15) is 13.2 Å². The molecule has 1 aliphatic rings. The Labute approximate surface area is 135 Å². The van der Waals surface area contributed by atoms with Crippen molar-refractivity contribution in [3.8, 4) is 0 Å². The van der Waals surface area contributed by atoms with E-state index < -0.39 is 11.7 Å². The summed E-state index contributed by atoms with van der Waals surface area (Å²) in [6, 6.07) is 8.27. The van der Waals surface area contributed by atoms with Crippen molar-refractivity contribution in [2.24, 2.45) is 10.7 Å². The Balaban J connectivity index is 0.00000176. The number of rotatable bonds is 0. The molecule has 3 N–H and O–H groups in total. The summed E-state index contributed by atoms with van der Waals surface area (Å²) in [6.45, 7) is 0. The molecule has 0 atom stereocenters. The molecule has 0 aromatic heterocycles. The lowest BCUT2D eigenvalue weighted by atomic mass is 10.1. The molecule has 0 saturated carbocycles. The highest BCUT2D eigenvalue weighted by atomic mass is 35.5. The van der Waals surface area contributed by atoms with E-state index in [0.717, 1.165) is 12.1 Å². The lowest BCUT2D eigenvalue weighted by Crippen LogP contribution is -2.15. The monoisotopic (exact) mass is 347 g/mol. The summed E-state index contributed by atoms with van der Waals surface area (Å²) in [4.78, 5) is 4.15. The minimum absolute atomic E-state index is 0. The van der Waals surface area contributed by atoms with Gasteiger partial charge >= 0.3 is 6.18 Å². The quantitative estimate of drug-likeness (QED) is 0.713. The average molecular weight is 348 g/mol. The lowest BCUT2D eigenvalue weighted by Gasteiger charge is -2.12. The second-order valence-electron chi connectivity index (χ2n) is 4.54. The van der Waals surface area contributed by atoms with Gasteiger partial charge in [0.05, 0.1) is 16.9 Å². The van der Waals surface area contributed by atoms with Crippen molar-refractivity contribution < 1.29 is 13.2 Å². The predicted octanol–water partition coefficient (Wildman–Crippen LogP) is 4.87. The van der Waals surface area contributed by atoms with Crippen molar-refractivity contribution in [3.05, 3.63) is 52.5 Å². The third kappa shape index (κ3) is 2.98. The first-order valence-electron chi connectivity index (χ1n) is 5.97. The molecule has 8 heteroatoms. The van der Waals surface area contributed by atoms with Crippen LogP contribution in [0.1, 0.15) is 11.1 Å². The van der Waals surface area contributed by atoms with Gasteiger partial charge in [0.2, 0.25) is 0 Å². The maximum Gasteiger partial charge on any atom is 0.416 e. The number of nitrogens with one attached hydrogen (secondary N) is 1. The molecular formula is C14H10Cl2F3N3. The third-order valence-corrected chi connectivity index (χ3v) is 3.33. The Kier molecular flexibility index (Phi) is 4.26. The van der Waals surface area contributed by atoms with Crippen LogP contribution in [0.5, 0.6) is 0 Å². The van der Waals surface area contributed by atoms with Crippen LogP contribution in [-0.2, 0) is 6.18 Å². The normalized spacial score (nSPS) is 13.0. The summed E-state index contributed by atoms with van der Waals surface area (Å²) < 4.78 is 38.4. The fourth-order valence-corrected chi connectivity index (χ4v) is 2.25. The zero-order chi connectivity index (χ0) is 15.2. The van der Waals surface area contributed by atoms with Gasteiger partial charge in [-0.25, -0.2) is 4.99 Å². The van der Waals surface area contributed by atoms with Crippen LogP contribution in [0.4, 0.5) is 30.2 Å². The van der Waals surface area contributed by atoms with Crippen molar-refractivity contribution in [3.63, 3.8) is 0 Å². The number of fused-ring (bicyclic) bond motifs is 2. The van der Waals surface area contributed by atoms with E-state index in [-0.39, 0.29) is 23.8 Å². The molecule has 116 valence electrons. The third-order valence-electron chi connectivity index (χ3n) is 3.09. The second kappa shape index (κ2) is 5.70. The van der Waals surface area contributed by atoms with Gasteiger partial charge in [-0.3, -0.25) is 0 Å². The van der Waals surface area contributed by atoms with Crippen LogP contribution in [-0.4, -0.2) is 5.84 Å². The summed E-state index contributed by atoms with van der Waals surface area (Å²) >= 11 is 5.89. The van der Waals surface area contributed by atoms with Crippen LogP contribution in [0.25, 0.3) is 0 Å². The molecule has 0 amide bonds. The fourth-order valence-electron chi connectivity index (χ4n) is 2.08. The van der Waals surface area contributed by atoms with Gasteiger partial charge in [0.25, 0.3) is 0 Å². The highest BCUT2D eigenvalue weighted by molar-refractivity contribution is 6.31. The zero-order valence-electron chi connectivity index (χ0n) is 10.9. The number of nitrogens with zero attached hydrogens (tertiary/aromatic N) is 1. The summed E-state index contributed by atoms with van der Waals surface area (Å²) in [5.41, 5.74) is 6.82. The molecule has 0 fully saturated rings. The zero-order valence-corrected chi connectivity index (χ0v) is 12.5. The summed E-state index contributed by atoms with van der Waals surface area (Å²) in [6.07, 6.45) is -4.43. The minimum Gasteiger partial charge on any atom is -0.383 e. The first-order chi connectivity index (χ1) is 9.84. The van der Waals surface area contributed by atoms with E-state index in [9.17, 15) is 13.2 Å². The van der Waals surface area contributed by atoms with E-state index >= 15 is 0 Å². The molecular weight excluding hydrogens is 338 g/mol. The SMILES string of the molecule is Cl.NC1=Nc2cc(Cl)ccc2Nc2ccc(C(F)(F)F)cc21. The highest BCUT2D eigenvalue weighted by Crippen LogP contribution is 2.37. The Bertz CT molecular complexity index is 757. The van der Waals surface area contributed by atoms with Crippen LogP contribution >= 0.6 is 24.0 Å². The second-order valence-corrected chi connectivity index (χ2v) is 4.98. The number of anilines is 2. The Morgan fingerprint density at radius 3 is 2.41 bits per heavy atom. The summed E-state index contributed by atoms with van der Waals surface area (Å²) in [5, 5.41) is 3.49. The van der Waals surface area contributed by atoms with E-state index in [1.54, 1.807) is 18.2 Å². The molecule has 3 nitrogen and oxygen atoms in total. The Morgan fingerprint density at radius 1 is 1.05 bits per heavy atom. The average Bonchev–Trinajstić information content (AvgIpc) is 2.53. The summed E-state index contributed by atoms with van der Waals surface area (Å²) in [7, 11) is 0. The molecule has 0 unspecified atom stereocenters. The van der Waals surface area contributed by atoms with Gasteiger partial charge in [-0.15, -0.1) is 12.4 Å². The largest absolute Gasteiger partial charge is 0.416 e. The molecule has 0 bridgehead atoms. The molecule has 0 aliphatic carbocycles. The fraction of sp³-hybridized carbons (Fsp3) is 0.0714. The van der Waals surface area contributed by atoms with E-state index in [0.29, 0.717) is 22.1 Å². The van der Waals surface area contributed by atoms with Crippen LogP contribution in [0, 0.1) is 0 Å². The Hall–Kier alpha value is -1.92. The smallest absolute Gasteiger partial charge is 0.383 e. The summed E-state index contributed by atoms with van der Waals surface area (Å²) in [5.74, 6) is 0.00427. The van der Waals surface area contributed by atoms with Crippen LogP contribution in [0.15, 0.2) is 41.4 Å². The number of benzene rings is 2. The van der Waals surface area contributed by atoms with Gasteiger partial charge in [0.15, 0.2) is 0 Å². The van der Waals surface area contributed by atoms with Gasteiger partial charge in [-0.1, -0.05) is 11.6 Å². The molecule has 2 aromatic rings. The predicted molar refractivity (Wildman–Crippen MR) is 83.8 cm³/mol. The molecule has 2 aromatic carbocycles.